The zero-order valence-electron chi connectivity index (χ0n) is 48.3. The van der Waals surface area contributed by atoms with Crippen molar-refractivity contribution in [2.75, 3.05) is 26.4 Å². The predicted octanol–water partition coefficient (Wildman–Crippen LogP) is 18.6. The molecule has 0 spiro atoms. The van der Waals surface area contributed by atoms with Crippen molar-refractivity contribution in [3.63, 3.8) is 0 Å². The van der Waals surface area contributed by atoms with Gasteiger partial charge in [-0.2, -0.15) is 0 Å². The smallest absolute Gasteiger partial charge is 0.462 e. The van der Waals surface area contributed by atoms with E-state index in [4.69, 9.17) is 23.3 Å². The van der Waals surface area contributed by atoms with Gasteiger partial charge in [-0.3, -0.25) is 23.4 Å². The predicted molar refractivity (Wildman–Crippen MR) is 307 cm³/mol. The molecule has 12 heteroatoms. The van der Waals surface area contributed by atoms with Crippen LogP contribution in [0.1, 0.15) is 316 Å². The van der Waals surface area contributed by atoms with E-state index in [0.717, 1.165) is 96.3 Å². The van der Waals surface area contributed by atoms with Gasteiger partial charge in [0.15, 0.2) is 6.10 Å². The Kier molecular flexibility index (Phi) is 55.6. The van der Waals surface area contributed by atoms with Crippen molar-refractivity contribution in [3.8, 4) is 0 Å². The number of ether oxygens (including phenoxy) is 3. The third-order valence-electron chi connectivity index (χ3n) is 13.8. The lowest BCUT2D eigenvalue weighted by Gasteiger charge is -2.21. The lowest BCUT2D eigenvalue weighted by atomic mass is 10.0. The van der Waals surface area contributed by atoms with Crippen LogP contribution in [0.25, 0.3) is 0 Å². The molecular formula is C62H117O11P. The summed E-state index contributed by atoms with van der Waals surface area (Å²) in [6, 6.07) is 0. The van der Waals surface area contributed by atoms with Crippen LogP contribution >= 0.6 is 7.82 Å². The van der Waals surface area contributed by atoms with Gasteiger partial charge in [-0.05, 0) is 70.6 Å². The molecule has 0 saturated heterocycles. The normalized spacial score (nSPS) is 13.4. The average Bonchev–Trinajstić information content (AvgIpc) is 3.39. The van der Waals surface area contributed by atoms with Gasteiger partial charge in [-0.15, -0.1) is 0 Å². The highest BCUT2D eigenvalue weighted by molar-refractivity contribution is 7.47. The highest BCUT2D eigenvalue weighted by Gasteiger charge is 2.28. The van der Waals surface area contributed by atoms with Crippen LogP contribution in [-0.2, 0) is 42.2 Å². The number of aliphatic hydroxyl groups is 1. The number of esters is 3. The molecule has 0 heterocycles. The SMILES string of the molecule is CCCCCC/C=C\CCCCCCCC(=O)OC(CO)COP(=O)(O)OCC(COC(=O)CCCCCCCCCCCCCCCCCCCCC)OC(=O)CCCCCCC/C=C\CCCCCCCC. The summed E-state index contributed by atoms with van der Waals surface area (Å²) in [5.41, 5.74) is 0. The second-order valence-electron chi connectivity index (χ2n) is 21.2. The van der Waals surface area contributed by atoms with Gasteiger partial charge in [-0.25, -0.2) is 4.57 Å². The number of rotatable bonds is 59. The molecule has 0 aliphatic heterocycles. The molecule has 3 unspecified atom stereocenters. The molecule has 0 amide bonds. The zero-order chi connectivity index (χ0) is 54.1. The molecule has 436 valence electrons. The minimum atomic E-state index is -4.75. The van der Waals surface area contributed by atoms with E-state index in [-0.39, 0.29) is 25.9 Å². The zero-order valence-corrected chi connectivity index (χ0v) is 49.2. The lowest BCUT2D eigenvalue weighted by Crippen LogP contribution is -2.30. The molecule has 2 N–H and O–H groups in total. The molecule has 0 bridgehead atoms. The number of phosphoric acid groups is 1. The van der Waals surface area contributed by atoms with Gasteiger partial charge in [0.05, 0.1) is 19.8 Å². The van der Waals surface area contributed by atoms with Crippen LogP contribution in [0.5, 0.6) is 0 Å². The van der Waals surface area contributed by atoms with Crippen LogP contribution < -0.4 is 0 Å². The molecule has 0 aliphatic carbocycles. The summed E-state index contributed by atoms with van der Waals surface area (Å²) in [5.74, 6) is -1.46. The number of unbranched alkanes of at least 4 members (excludes halogenated alkanes) is 38. The quantitative estimate of drug-likeness (QED) is 0.0197. The highest BCUT2D eigenvalue weighted by Crippen LogP contribution is 2.43. The maximum Gasteiger partial charge on any atom is 0.472 e. The van der Waals surface area contributed by atoms with Crippen molar-refractivity contribution < 1.29 is 52.2 Å². The number of aliphatic hydroxyl groups excluding tert-OH is 1. The molecule has 0 aliphatic rings. The Morgan fingerprint density at radius 2 is 0.622 bits per heavy atom. The third kappa shape index (κ3) is 54.7. The minimum Gasteiger partial charge on any atom is -0.462 e. The first kappa shape index (κ1) is 72.0. The number of hydrogen-bond acceptors (Lipinski definition) is 10. The standard InChI is InChI=1S/C62H117O11P/c1-4-7-10-13-16-19-22-25-27-28-29-30-32-34-36-39-42-45-48-51-60(64)69-55-59(73-62(66)53-50-47-44-41-38-35-31-26-23-20-17-14-11-8-5-2)57-71-74(67,68)70-56-58(54-63)72-61(65)52-49-46-43-40-37-33-24-21-18-15-12-9-6-3/h21,24,26,31,58-59,63H,4-20,22-23,25,27-30,32-57H2,1-3H3,(H,67,68)/b24-21-,31-26-. The monoisotopic (exact) mass is 1070 g/mol. The fourth-order valence-corrected chi connectivity index (χ4v) is 9.84. The van der Waals surface area contributed by atoms with Crippen molar-refractivity contribution in [2.24, 2.45) is 0 Å². The Morgan fingerprint density at radius 1 is 0.365 bits per heavy atom. The molecular weight excluding hydrogens is 952 g/mol. The van der Waals surface area contributed by atoms with Gasteiger partial charge in [0.1, 0.15) is 12.7 Å². The molecule has 0 aromatic heterocycles. The van der Waals surface area contributed by atoms with Gasteiger partial charge in [0.25, 0.3) is 0 Å². The van der Waals surface area contributed by atoms with E-state index in [9.17, 15) is 28.9 Å². The van der Waals surface area contributed by atoms with Crippen molar-refractivity contribution in [2.45, 2.75) is 328 Å². The number of carbonyl (C=O) groups is 3. The Balaban J connectivity index is 4.66. The van der Waals surface area contributed by atoms with Crippen LogP contribution in [0.15, 0.2) is 24.3 Å². The summed E-state index contributed by atoms with van der Waals surface area (Å²) >= 11 is 0. The van der Waals surface area contributed by atoms with E-state index in [1.54, 1.807) is 0 Å². The van der Waals surface area contributed by atoms with Crippen molar-refractivity contribution in [1.29, 1.82) is 0 Å². The van der Waals surface area contributed by atoms with Crippen LogP contribution in [0.4, 0.5) is 0 Å². The molecule has 0 aromatic carbocycles. The number of carbonyl (C=O) groups excluding carboxylic acids is 3. The number of hydrogen-bond donors (Lipinski definition) is 2. The highest BCUT2D eigenvalue weighted by atomic mass is 31.2. The maximum absolute atomic E-state index is 12.9. The molecule has 0 fully saturated rings. The Morgan fingerprint density at radius 3 is 0.946 bits per heavy atom. The van der Waals surface area contributed by atoms with E-state index in [2.05, 4.69) is 45.1 Å². The van der Waals surface area contributed by atoms with Gasteiger partial charge >= 0.3 is 25.7 Å². The summed E-state index contributed by atoms with van der Waals surface area (Å²) in [6.07, 6.45) is 58.5. The van der Waals surface area contributed by atoms with Gasteiger partial charge < -0.3 is 24.2 Å². The molecule has 11 nitrogen and oxygen atoms in total. The van der Waals surface area contributed by atoms with E-state index >= 15 is 0 Å². The first-order valence-corrected chi connectivity index (χ1v) is 32.7. The summed E-state index contributed by atoms with van der Waals surface area (Å²) < 4.78 is 39.6. The first-order chi connectivity index (χ1) is 36.2. The van der Waals surface area contributed by atoms with Gasteiger partial charge in [0, 0.05) is 19.3 Å². The first-order valence-electron chi connectivity index (χ1n) is 31.2. The van der Waals surface area contributed by atoms with E-state index in [1.807, 2.05) is 0 Å². The summed E-state index contributed by atoms with van der Waals surface area (Å²) in [5, 5.41) is 9.82. The van der Waals surface area contributed by atoms with Crippen LogP contribution in [0.2, 0.25) is 0 Å². The molecule has 0 saturated carbocycles. The second kappa shape index (κ2) is 57.1. The van der Waals surface area contributed by atoms with Gasteiger partial charge in [0.2, 0.25) is 0 Å². The fraction of sp³-hybridized carbons (Fsp3) is 0.887. The third-order valence-corrected chi connectivity index (χ3v) is 14.8. The largest absolute Gasteiger partial charge is 0.472 e. The fourth-order valence-electron chi connectivity index (χ4n) is 9.05. The summed E-state index contributed by atoms with van der Waals surface area (Å²) in [6.45, 7) is 4.67. The van der Waals surface area contributed by atoms with Crippen LogP contribution in [0, 0.1) is 0 Å². The van der Waals surface area contributed by atoms with Crippen LogP contribution in [0.3, 0.4) is 0 Å². The number of phosphoric ester groups is 1. The number of allylic oxidation sites excluding steroid dienone is 4. The summed E-state index contributed by atoms with van der Waals surface area (Å²) in [7, 11) is -4.75. The molecule has 74 heavy (non-hydrogen) atoms. The Hall–Kier alpha value is -2.04. The van der Waals surface area contributed by atoms with E-state index in [0.29, 0.717) is 19.3 Å². The van der Waals surface area contributed by atoms with Crippen LogP contribution in [-0.4, -0.2) is 66.5 Å². The molecule has 3 atom stereocenters. The molecule has 0 aromatic rings. The second-order valence-corrected chi connectivity index (χ2v) is 22.7. The topological polar surface area (TPSA) is 155 Å². The Labute approximate surface area is 455 Å². The lowest BCUT2D eigenvalue weighted by molar-refractivity contribution is -0.161. The van der Waals surface area contributed by atoms with E-state index in [1.165, 1.54) is 161 Å². The Bertz CT molecular complexity index is 1340. The van der Waals surface area contributed by atoms with Crippen molar-refractivity contribution in [3.05, 3.63) is 24.3 Å². The van der Waals surface area contributed by atoms with Gasteiger partial charge in [-0.1, -0.05) is 251 Å². The van der Waals surface area contributed by atoms with Crippen molar-refractivity contribution in [1.82, 2.24) is 0 Å². The minimum absolute atomic E-state index is 0.162. The maximum atomic E-state index is 12.9. The summed E-state index contributed by atoms with van der Waals surface area (Å²) in [4.78, 5) is 48.6. The molecule has 0 rings (SSSR count). The van der Waals surface area contributed by atoms with Crippen molar-refractivity contribution >= 4 is 25.7 Å². The average molecular weight is 1070 g/mol. The molecule has 0 radical (unpaired) electrons. The van der Waals surface area contributed by atoms with E-state index < -0.39 is 57.8 Å².